The summed E-state index contributed by atoms with van der Waals surface area (Å²) in [4.78, 5) is 12.6. The van der Waals surface area contributed by atoms with Gasteiger partial charge in [0.25, 0.3) is 5.91 Å². The lowest BCUT2D eigenvalue weighted by Gasteiger charge is -2.16. The fourth-order valence-corrected chi connectivity index (χ4v) is 3.25. The molecule has 0 aromatic heterocycles. The van der Waals surface area contributed by atoms with E-state index in [0.29, 0.717) is 16.8 Å². The number of amides is 1. The van der Waals surface area contributed by atoms with E-state index in [-0.39, 0.29) is 4.90 Å². The molecule has 2 aromatic rings. The van der Waals surface area contributed by atoms with Gasteiger partial charge in [-0.05, 0) is 55.3 Å². The van der Waals surface area contributed by atoms with Gasteiger partial charge < -0.3 is 5.32 Å². The summed E-state index contributed by atoms with van der Waals surface area (Å²) < 4.78 is 25.9. The van der Waals surface area contributed by atoms with E-state index in [1.54, 1.807) is 31.2 Å². The molecule has 1 amide bonds. The number of nitrogens with one attached hydrogen (secondary N) is 1. The Kier molecular flexibility index (Phi) is 5.26. The van der Waals surface area contributed by atoms with Crippen LogP contribution in [-0.4, -0.2) is 32.7 Å². The molecule has 0 bridgehead atoms. The fourth-order valence-electron chi connectivity index (χ4n) is 2.24. The molecular weight excluding hydrogens is 338 g/mol. The van der Waals surface area contributed by atoms with E-state index in [1.807, 2.05) is 13.0 Å². The van der Waals surface area contributed by atoms with Crippen LogP contribution in [0.1, 0.15) is 27.0 Å². The van der Waals surface area contributed by atoms with Crippen molar-refractivity contribution in [1.82, 2.24) is 4.31 Å². The Balaban J connectivity index is 2.44. The molecule has 2 aromatic carbocycles. The van der Waals surface area contributed by atoms with Crippen LogP contribution < -0.4 is 5.32 Å². The number of nitriles is 1. The van der Waals surface area contributed by atoms with Crippen LogP contribution in [0.25, 0.3) is 0 Å². The molecule has 25 heavy (non-hydrogen) atoms. The third kappa shape index (κ3) is 3.87. The topological polar surface area (TPSA) is 90.3 Å². The number of anilines is 1. The number of sulfonamides is 1. The first-order chi connectivity index (χ1) is 11.7. The molecule has 0 aliphatic rings. The van der Waals surface area contributed by atoms with Crippen LogP contribution in [-0.2, 0) is 10.0 Å². The van der Waals surface area contributed by atoms with Crippen molar-refractivity contribution in [2.45, 2.75) is 18.7 Å². The number of nitrogens with zero attached hydrogens (tertiary/aromatic N) is 2. The van der Waals surface area contributed by atoms with Crippen molar-refractivity contribution in [1.29, 1.82) is 5.26 Å². The third-order valence-corrected chi connectivity index (χ3v) is 5.71. The standard InChI is InChI=1S/C18H19N3O3S/c1-12-8-16(25(23,24)21(3)4)10-17(13(12)2)20-18(22)15-7-5-6-14(9-15)11-19/h5-10H,1-4H3,(H,20,22). The van der Waals surface area contributed by atoms with Gasteiger partial charge in [0.2, 0.25) is 10.0 Å². The Labute approximate surface area is 147 Å². The zero-order chi connectivity index (χ0) is 18.8. The number of aryl methyl sites for hydroxylation is 1. The molecule has 0 atom stereocenters. The van der Waals surface area contributed by atoms with Crippen molar-refractivity contribution in [3.05, 3.63) is 58.7 Å². The average Bonchev–Trinajstić information content (AvgIpc) is 2.58. The van der Waals surface area contributed by atoms with Crippen molar-refractivity contribution < 1.29 is 13.2 Å². The Morgan fingerprint density at radius 2 is 1.84 bits per heavy atom. The van der Waals surface area contributed by atoms with Crippen LogP contribution >= 0.6 is 0 Å². The summed E-state index contributed by atoms with van der Waals surface area (Å²) in [6.45, 7) is 3.60. The van der Waals surface area contributed by atoms with Crippen LogP contribution in [0.5, 0.6) is 0 Å². The van der Waals surface area contributed by atoms with Crippen LogP contribution in [0.3, 0.4) is 0 Å². The maximum atomic E-state index is 12.5. The minimum Gasteiger partial charge on any atom is -0.322 e. The van der Waals surface area contributed by atoms with Crippen LogP contribution in [0.2, 0.25) is 0 Å². The Morgan fingerprint density at radius 3 is 2.44 bits per heavy atom. The summed E-state index contributed by atoms with van der Waals surface area (Å²) in [6, 6.07) is 11.3. The lowest BCUT2D eigenvalue weighted by Crippen LogP contribution is -2.23. The van der Waals surface area contributed by atoms with Crippen LogP contribution in [0, 0.1) is 25.2 Å². The monoisotopic (exact) mass is 357 g/mol. The highest BCUT2D eigenvalue weighted by Gasteiger charge is 2.20. The summed E-state index contributed by atoms with van der Waals surface area (Å²) in [5, 5.41) is 11.7. The Bertz CT molecular complexity index is 974. The first kappa shape index (κ1) is 18.6. The van der Waals surface area contributed by atoms with Gasteiger partial charge >= 0.3 is 0 Å². The maximum absolute atomic E-state index is 12.5. The molecule has 0 heterocycles. The summed E-state index contributed by atoms with van der Waals surface area (Å²) in [7, 11) is -0.702. The van der Waals surface area contributed by atoms with Crippen molar-refractivity contribution in [2.75, 3.05) is 19.4 Å². The highest BCUT2D eigenvalue weighted by atomic mass is 32.2. The molecule has 0 unspecified atom stereocenters. The zero-order valence-corrected chi connectivity index (χ0v) is 15.3. The van der Waals surface area contributed by atoms with Gasteiger partial charge in [0.1, 0.15) is 0 Å². The lowest BCUT2D eigenvalue weighted by atomic mass is 10.1. The number of benzene rings is 2. The largest absolute Gasteiger partial charge is 0.322 e. The molecule has 2 rings (SSSR count). The zero-order valence-electron chi connectivity index (χ0n) is 14.5. The van der Waals surface area contributed by atoms with E-state index >= 15 is 0 Å². The molecule has 0 saturated heterocycles. The lowest BCUT2D eigenvalue weighted by molar-refractivity contribution is 0.102. The minimum atomic E-state index is -3.61. The molecule has 6 nitrogen and oxygen atoms in total. The third-order valence-electron chi connectivity index (χ3n) is 3.92. The SMILES string of the molecule is Cc1cc(S(=O)(=O)N(C)C)cc(NC(=O)c2cccc(C#N)c2)c1C. The molecule has 0 aliphatic carbocycles. The predicted molar refractivity (Wildman–Crippen MR) is 95.9 cm³/mol. The van der Waals surface area contributed by atoms with Gasteiger partial charge in [-0.1, -0.05) is 6.07 Å². The Hall–Kier alpha value is -2.69. The summed E-state index contributed by atoms with van der Waals surface area (Å²) >= 11 is 0. The molecule has 1 N–H and O–H groups in total. The van der Waals surface area contributed by atoms with Gasteiger partial charge in [0, 0.05) is 25.3 Å². The predicted octanol–water partition coefficient (Wildman–Crippen LogP) is 2.68. The first-order valence-corrected chi connectivity index (χ1v) is 8.96. The first-order valence-electron chi connectivity index (χ1n) is 7.52. The van der Waals surface area contributed by atoms with Crippen molar-refractivity contribution in [3.8, 4) is 6.07 Å². The van der Waals surface area contributed by atoms with Gasteiger partial charge in [0.15, 0.2) is 0 Å². The molecule has 0 aliphatic heterocycles. The van der Waals surface area contributed by atoms with Crippen molar-refractivity contribution in [3.63, 3.8) is 0 Å². The van der Waals surface area contributed by atoms with E-state index in [0.717, 1.165) is 15.4 Å². The molecule has 130 valence electrons. The fraction of sp³-hybridized carbons (Fsp3) is 0.222. The van der Waals surface area contributed by atoms with E-state index < -0.39 is 15.9 Å². The molecule has 0 saturated carbocycles. The highest BCUT2D eigenvalue weighted by Crippen LogP contribution is 2.26. The molecule has 7 heteroatoms. The van der Waals surface area contributed by atoms with Gasteiger partial charge in [-0.3, -0.25) is 4.79 Å². The number of hydrogen-bond acceptors (Lipinski definition) is 4. The molecule has 0 fully saturated rings. The van der Waals surface area contributed by atoms with Gasteiger partial charge in [-0.2, -0.15) is 5.26 Å². The van der Waals surface area contributed by atoms with Gasteiger partial charge in [0.05, 0.1) is 16.5 Å². The normalized spacial score (nSPS) is 11.2. The molecular formula is C18H19N3O3S. The highest BCUT2D eigenvalue weighted by molar-refractivity contribution is 7.89. The average molecular weight is 357 g/mol. The summed E-state index contributed by atoms with van der Waals surface area (Å²) in [5.41, 5.74) is 2.67. The van der Waals surface area contributed by atoms with Crippen molar-refractivity contribution in [2.24, 2.45) is 0 Å². The van der Waals surface area contributed by atoms with Gasteiger partial charge in [-0.15, -0.1) is 0 Å². The van der Waals surface area contributed by atoms with E-state index in [9.17, 15) is 13.2 Å². The maximum Gasteiger partial charge on any atom is 0.255 e. The second-order valence-corrected chi connectivity index (χ2v) is 8.00. The quantitative estimate of drug-likeness (QED) is 0.911. The minimum absolute atomic E-state index is 0.113. The Morgan fingerprint density at radius 1 is 1.16 bits per heavy atom. The van der Waals surface area contributed by atoms with Crippen molar-refractivity contribution >= 4 is 21.6 Å². The number of carbonyl (C=O) groups excluding carboxylic acids is 1. The molecule has 0 radical (unpaired) electrons. The smallest absolute Gasteiger partial charge is 0.255 e. The summed E-state index contributed by atoms with van der Waals surface area (Å²) in [5.74, 6) is -0.404. The number of rotatable bonds is 4. The molecule has 0 spiro atoms. The second kappa shape index (κ2) is 7.05. The number of carbonyl (C=O) groups is 1. The second-order valence-electron chi connectivity index (χ2n) is 5.85. The number of hydrogen-bond donors (Lipinski definition) is 1. The van der Waals surface area contributed by atoms with Crippen LogP contribution in [0.15, 0.2) is 41.3 Å². The summed E-state index contributed by atoms with van der Waals surface area (Å²) in [6.07, 6.45) is 0. The van der Waals surface area contributed by atoms with E-state index in [2.05, 4.69) is 5.32 Å². The van der Waals surface area contributed by atoms with E-state index in [4.69, 9.17) is 5.26 Å². The van der Waals surface area contributed by atoms with Crippen LogP contribution in [0.4, 0.5) is 5.69 Å². The van der Waals surface area contributed by atoms with E-state index in [1.165, 1.54) is 26.2 Å². The van der Waals surface area contributed by atoms with Gasteiger partial charge in [-0.25, -0.2) is 12.7 Å².